The van der Waals surface area contributed by atoms with Crippen LogP contribution in [0.3, 0.4) is 0 Å². The zero-order chi connectivity index (χ0) is 11.5. The molecule has 84 valence electrons. The minimum Gasteiger partial charge on any atom is -0.335 e. The summed E-state index contributed by atoms with van der Waals surface area (Å²) in [5, 5.41) is 15.8. The van der Waals surface area contributed by atoms with Gasteiger partial charge < -0.3 is 10.6 Å². The van der Waals surface area contributed by atoms with Crippen LogP contribution < -0.4 is 10.6 Å². The van der Waals surface area contributed by atoms with Crippen molar-refractivity contribution < 1.29 is 9.72 Å². The maximum atomic E-state index is 11.3. The van der Waals surface area contributed by atoms with E-state index in [9.17, 15) is 14.9 Å². The van der Waals surface area contributed by atoms with E-state index in [1.54, 1.807) is 0 Å². The van der Waals surface area contributed by atoms with Crippen LogP contribution >= 0.6 is 0 Å². The predicted octanol–water partition coefficient (Wildman–Crippen LogP) is 1.88. The van der Waals surface area contributed by atoms with E-state index in [1.165, 1.54) is 24.3 Å². The molecule has 0 unspecified atom stereocenters. The molecular weight excluding hydrogens is 210 g/mol. The number of nitro benzene ring substituents is 1. The molecule has 6 nitrogen and oxygen atoms in total. The quantitative estimate of drug-likeness (QED) is 0.603. The fourth-order valence-corrected chi connectivity index (χ4v) is 1.25. The molecule has 0 heterocycles. The zero-order valence-electron chi connectivity index (χ0n) is 8.47. The van der Waals surface area contributed by atoms with Crippen molar-refractivity contribution in [3.8, 4) is 0 Å². The Hall–Kier alpha value is -2.11. The average molecular weight is 221 g/mol. The van der Waals surface area contributed by atoms with Crippen molar-refractivity contribution >= 4 is 17.4 Å². The zero-order valence-corrected chi connectivity index (χ0v) is 8.47. The first kappa shape index (κ1) is 10.4. The van der Waals surface area contributed by atoms with Gasteiger partial charge in [-0.1, -0.05) is 0 Å². The van der Waals surface area contributed by atoms with E-state index in [0.29, 0.717) is 5.69 Å². The lowest BCUT2D eigenvalue weighted by molar-refractivity contribution is -0.384. The second-order valence-electron chi connectivity index (χ2n) is 3.68. The number of nitrogens with zero attached hydrogens (tertiary/aromatic N) is 1. The molecule has 0 atom stereocenters. The van der Waals surface area contributed by atoms with Crippen LogP contribution in [0.1, 0.15) is 12.8 Å². The van der Waals surface area contributed by atoms with Crippen LogP contribution in [0.2, 0.25) is 0 Å². The number of urea groups is 1. The van der Waals surface area contributed by atoms with E-state index >= 15 is 0 Å². The molecule has 2 amide bonds. The molecule has 1 aromatic rings. The average Bonchev–Trinajstić information content (AvgIpc) is 3.02. The number of rotatable bonds is 3. The third-order valence-electron chi connectivity index (χ3n) is 2.25. The van der Waals surface area contributed by atoms with Gasteiger partial charge in [0.2, 0.25) is 0 Å². The topological polar surface area (TPSA) is 84.3 Å². The summed E-state index contributed by atoms with van der Waals surface area (Å²) in [5.41, 5.74) is 0.553. The minimum atomic E-state index is -0.478. The standard InChI is InChI=1S/C10H11N3O3/c14-10(11-7-1-2-7)12-8-3-5-9(6-4-8)13(15)16/h3-7H,1-2H2,(H2,11,12,14). The molecule has 1 aliphatic carbocycles. The fraction of sp³-hybridized carbons (Fsp3) is 0.300. The van der Waals surface area contributed by atoms with Crippen molar-refractivity contribution in [2.45, 2.75) is 18.9 Å². The Morgan fingerprint density at radius 3 is 2.44 bits per heavy atom. The monoisotopic (exact) mass is 221 g/mol. The molecule has 1 saturated carbocycles. The molecule has 6 heteroatoms. The first-order valence-corrected chi connectivity index (χ1v) is 4.97. The van der Waals surface area contributed by atoms with E-state index in [2.05, 4.69) is 10.6 Å². The lowest BCUT2D eigenvalue weighted by Crippen LogP contribution is -2.30. The van der Waals surface area contributed by atoms with Gasteiger partial charge in [0.25, 0.3) is 5.69 Å². The molecule has 0 aromatic heterocycles. The predicted molar refractivity (Wildman–Crippen MR) is 58.3 cm³/mol. The molecule has 1 aromatic carbocycles. The third-order valence-corrected chi connectivity index (χ3v) is 2.25. The van der Waals surface area contributed by atoms with Crippen molar-refractivity contribution in [3.63, 3.8) is 0 Å². The largest absolute Gasteiger partial charge is 0.335 e. The highest BCUT2D eigenvalue weighted by molar-refractivity contribution is 5.89. The number of nitrogens with one attached hydrogen (secondary N) is 2. The number of nitro groups is 1. The summed E-state index contributed by atoms with van der Waals surface area (Å²) in [6, 6.07) is 5.74. The van der Waals surface area contributed by atoms with E-state index in [1.807, 2.05) is 0 Å². The number of carbonyl (C=O) groups excluding carboxylic acids is 1. The van der Waals surface area contributed by atoms with Crippen molar-refractivity contribution in [3.05, 3.63) is 34.4 Å². The number of hydrogen-bond acceptors (Lipinski definition) is 3. The second kappa shape index (κ2) is 4.18. The van der Waals surface area contributed by atoms with Crippen LogP contribution in [0.4, 0.5) is 16.2 Å². The molecule has 0 radical (unpaired) electrons. The Morgan fingerprint density at radius 1 is 1.31 bits per heavy atom. The van der Waals surface area contributed by atoms with Gasteiger partial charge in [-0.3, -0.25) is 10.1 Å². The first-order valence-electron chi connectivity index (χ1n) is 4.97. The third kappa shape index (κ3) is 2.69. The van der Waals surface area contributed by atoms with Crippen LogP contribution in [0.15, 0.2) is 24.3 Å². The lowest BCUT2D eigenvalue weighted by atomic mass is 10.3. The summed E-state index contributed by atoms with van der Waals surface area (Å²) in [5.74, 6) is 0. The van der Waals surface area contributed by atoms with Gasteiger partial charge in [0.05, 0.1) is 4.92 Å². The van der Waals surface area contributed by atoms with Gasteiger partial charge in [-0.05, 0) is 25.0 Å². The van der Waals surface area contributed by atoms with E-state index in [0.717, 1.165) is 12.8 Å². The summed E-state index contributed by atoms with van der Waals surface area (Å²) < 4.78 is 0. The molecule has 2 rings (SSSR count). The van der Waals surface area contributed by atoms with Crippen LogP contribution in [-0.4, -0.2) is 17.0 Å². The first-order chi connectivity index (χ1) is 7.65. The Morgan fingerprint density at radius 2 is 1.94 bits per heavy atom. The van der Waals surface area contributed by atoms with Crippen molar-refractivity contribution in [1.29, 1.82) is 0 Å². The van der Waals surface area contributed by atoms with Gasteiger partial charge in [0, 0.05) is 23.9 Å². The molecule has 16 heavy (non-hydrogen) atoms. The van der Waals surface area contributed by atoms with E-state index in [-0.39, 0.29) is 17.8 Å². The highest BCUT2D eigenvalue weighted by atomic mass is 16.6. The highest BCUT2D eigenvalue weighted by Crippen LogP contribution is 2.19. The molecule has 0 bridgehead atoms. The maximum absolute atomic E-state index is 11.3. The normalized spacial score (nSPS) is 14.2. The van der Waals surface area contributed by atoms with Crippen LogP contribution in [-0.2, 0) is 0 Å². The Labute approximate surface area is 91.8 Å². The van der Waals surface area contributed by atoms with Crippen molar-refractivity contribution in [1.82, 2.24) is 5.32 Å². The minimum absolute atomic E-state index is 0.00755. The Kier molecular flexibility index (Phi) is 2.72. The molecule has 0 saturated heterocycles. The Bertz CT molecular complexity index is 412. The van der Waals surface area contributed by atoms with Gasteiger partial charge in [0.1, 0.15) is 0 Å². The number of hydrogen-bond donors (Lipinski definition) is 2. The smallest absolute Gasteiger partial charge is 0.319 e. The second-order valence-corrected chi connectivity index (χ2v) is 3.68. The summed E-state index contributed by atoms with van der Waals surface area (Å²) in [6.07, 6.45) is 2.04. The van der Waals surface area contributed by atoms with Gasteiger partial charge in [-0.15, -0.1) is 0 Å². The Balaban J connectivity index is 1.93. The highest BCUT2D eigenvalue weighted by Gasteiger charge is 2.23. The number of carbonyl (C=O) groups is 1. The van der Waals surface area contributed by atoms with Crippen molar-refractivity contribution in [2.24, 2.45) is 0 Å². The van der Waals surface area contributed by atoms with E-state index in [4.69, 9.17) is 0 Å². The number of amides is 2. The van der Waals surface area contributed by atoms with Crippen molar-refractivity contribution in [2.75, 3.05) is 5.32 Å². The fourth-order valence-electron chi connectivity index (χ4n) is 1.25. The van der Waals surface area contributed by atoms with Gasteiger partial charge in [0.15, 0.2) is 0 Å². The van der Waals surface area contributed by atoms with Crippen LogP contribution in [0, 0.1) is 10.1 Å². The summed E-state index contributed by atoms with van der Waals surface area (Å²) in [6.45, 7) is 0. The molecule has 2 N–H and O–H groups in total. The van der Waals surface area contributed by atoms with Crippen LogP contribution in [0.5, 0.6) is 0 Å². The summed E-state index contributed by atoms with van der Waals surface area (Å²) >= 11 is 0. The SMILES string of the molecule is O=C(Nc1ccc([N+](=O)[O-])cc1)NC1CC1. The number of non-ortho nitro benzene ring substituents is 1. The summed E-state index contributed by atoms with van der Waals surface area (Å²) in [4.78, 5) is 21.2. The molecule has 0 spiro atoms. The van der Waals surface area contributed by atoms with Gasteiger partial charge in [-0.25, -0.2) is 4.79 Å². The van der Waals surface area contributed by atoms with Gasteiger partial charge in [-0.2, -0.15) is 0 Å². The molecule has 1 aliphatic rings. The molecule has 1 fully saturated rings. The molecule has 0 aliphatic heterocycles. The van der Waals surface area contributed by atoms with Crippen LogP contribution in [0.25, 0.3) is 0 Å². The van der Waals surface area contributed by atoms with Gasteiger partial charge >= 0.3 is 6.03 Å². The number of anilines is 1. The number of benzene rings is 1. The lowest BCUT2D eigenvalue weighted by Gasteiger charge is -2.05. The summed E-state index contributed by atoms with van der Waals surface area (Å²) in [7, 11) is 0. The van der Waals surface area contributed by atoms with E-state index < -0.39 is 4.92 Å². The maximum Gasteiger partial charge on any atom is 0.319 e. The molecular formula is C10H11N3O3.